The number of hydrogen-bond acceptors (Lipinski definition) is 3. The molecule has 1 aromatic carbocycles. The number of nitrogens with zero attached hydrogens (tertiary/aromatic N) is 4. The number of anilines is 1. The van der Waals surface area contributed by atoms with Crippen LogP contribution < -0.4 is 9.64 Å². The number of benzene rings is 1. The van der Waals surface area contributed by atoms with E-state index in [9.17, 15) is 22.4 Å². The molecule has 0 bridgehead atoms. The fourth-order valence-electron chi connectivity index (χ4n) is 2.19. The second-order valence-electron chi connectivity index (χ2n) is 4.65. The van der Waals surface area contributed by atoms with Crippen LogP contribution in [0, 0.1) is 11.7 Å². The first-order valence-corrected chi connectivity index (χ1v) is 6.16. The van der Waals surface area contributed by atoms with Gasteiger partial charge in [0.15, 0.2) is 0 Å². The third-order valence-electron chi connectivity index (χ3n) is 3.05. The van der Waals surface area contributed by atoms with Gasteiger partial charge in [-0.1, -0.05) is 5.11 Å². The highest BCUT2D eigenvalue weighted by Crippen LogP contribution is 2.32. The van der Waals surface area contributed by atoms with E-state index in [4.69, 9.17) is 5.53 Å². The summed E-state index contributed by atoms with van der Waals surface area (Å²) in [5, 5.41) is 3.34. The standard InChI is InChI=1S/C12H10F4N4O2/c13-9-2-1-8(22-12(14,15)16)4-10(9)20-6-7(3-11(20)21)5-18-19-17/h1-2,4,7H,3,5-6H2. The highest BCUT2D eigenvalue weighted by Gasteiger charge is 2.34. The Balaban J connectivity index is 2.22. The number of amides is 1. The van der Waals surface area contributed by atoms with E-state index >= 15 is 0 Å². The van der Waals surface area contributed by atoms with Gasteiger partial charge in [0.2, 0.25) is 5.91 Å². The second kappa shape index (κ2) is 6.10. The van der Waals surface area contributed by atoms with Crippen LogP contribution in [0.4, 0.5) is 23.2 Å². The molecule has 1 heterocycles. The van der Waals surface area contributed by atoms with Crippen LogP contribution in [0.3, 0.4) is 0 Å². The molecule has 1 unspecified atom stereocenters. The number of ether oxygens (including phenoxy) is 1. The SMILES string of the molecule is [N-]=[N+]=NCC1CC(=O)N(c2cc(OC(F)(F)F)ccc2F)C1. The summed E-state index contributed by atoms with van der Waals surface area (Å²) in [5.74, 6) is -2.22. The number of alkyl halides is 3. The Kier molecular flexibility index (Phi) is 4.41. The number of carbonyl (C=O) groups excluding carboxylic acids is 1. The molecule has 0 aromatic heterocycles. The van der Waals surface area contributed by atoms with Crippen molar-refractivity contribution in [2.24, 2.45) is 11.0 Å². The van der Waals surface area contributed by atoms with E-state index in [1.807, 2.05) is 0 Å². The Labute approximate surface area is 121 Å². The molecule has 1 fully saturated rings. The number of halogens is 4. The third-order valence-corrected chi connectivity index (χ3v) is 3.05. The predicted molar refractivity (Wildman–Crippen MR) is 67.6 cm³/mol. The Morgan fingerprint density at radius 3 is 2.82 bits per heavy atom. The average molecular weight is 318 g/mol. The minimum Gasteiger partial charge on any atom is -0.406 e. The summed E-state index contributed by atoms with van der Waals surface area (Å²) in [5.41, 5.74) is 7.94. The molecule has 0 radical (unpaired) electrons. The summed E-state index contributed by atoms with van der Waals surface area (Å²) in [7, 11) is 0. The molecule has 118 valence electrons. The lowest BCUT2D eigenvalue weighted by atomic mass is 10.1. The van der Waals surface area contributed by atoms with Crippen molar-refractivity contribution in [3.05, 3.63) is 34.5 Å². The molecule has 10 heteroatoms. The molecule has 1 atom stereocenters. The third kappa shape index (κ3) is 3.79. The lowest BCUT2D eigenvalue weighted by molar-refractivity contribution is -0.274. The zero-order valence-electron chi connectivity index (χ0n) is 11.0. The minimum absolute atomic E-state index is 0.0306. The smallest absolute Gasteiger partial charge is 0.406 e. The lowest BCUT2D eigenvalue weighted by Crippen LogP contribution is -2.26. The molecule has 1 amide bonds. The molecule has 0 aliphatic carbocycles. The molecular formula is C12H10F4N4O2. The van der Waals surface area contributed by atoms with Crippen LogP contribution in [0.15, 0.2) is 23.3 Å². The highest BCUT2D eigenvalue weighted by molar-refractivity contribution is 5.96. The summed E-state index contributed by atoms with van der Waals surface area (Å²) in [6, 6.07) is 2.44. The average Bonchev–Trinajstić information content (AvgIpc) is 2.78. The van der Waals surface area contributed by atoms with Gasteiger partial charge in [0, 0.05) is 30.5 Å². The van der Waals surface area contributed by atoms with Crippen LogP contribution >= 0.6 is 0 Å². The number of carbonyl (C=O) groups is 1. The zero-order chi connectivity index (χ0) is 16.3. The monoisotopic (exact) mass is 318 g/mol. The van der Waals surface area contributed by atoms with Crippen molar-refractivity contribution in [2.45, 2.75) is 12.8 Å². The van der Waals surface area contributed by atoms with Crippen molar-refractivity contribution >= 4 is 11.6 Å². The van der Waals surface area contributed by atoms with Crippen molar-refractivity contribution in [1.82, 2.24) is 0 Å². The van der Waals surface area contributed by atoms with Gasteiger partial charge in [0.05, 0.1) is 5.69 Å². The van der Waals surface area contributed by atoms with E-state index in [-0.39, 0.29) is 31.1 Å². The van der Waals surface area contributed by atoms with Crippen molar-refractivity contribution in [3.63, 3.8) is 0 Å². The van der Waals surface area contributed by atoms with Crippen LogP contribution in [0.5, 0.6) is 5.75 Å². The van der Waals surface area contributed by atoms with Crippen LogP contribution in [-0.4, -0.2) is 25.4 Å². The Bertz CT molecular complexity index is 628. The van der Waals surface area contributed by atoms with E-state index in [2.05, 4.69) is 14.8 Å². The summed E-state index contributed by atoms with van der Waals surface area (Å²) >= 11 is 0. The van der Waals surface area contributed by atoms with Crippen LogP contribution in [0.25, 0.3) is 10.4 Å². The number of azide groups is 1. The highest BCUT2D eigenvalue weighted by atomic mass is 19.4. The summed E-state index contributed by atoms with van der Waals surface area (Å²) in [6.07, 6.45) is -4.88. The van der Waals surface area contributed by atoms with Gasteiger partial charge in [0.1, 0.15) is 11.6 Å². The van der Waals surface area contributed by atoms with E-state index in [1.54, 1.807) is 0 Å². The van der Waals surface area contributed by atoms with Crippen LogP contribution in [0.2, 0.25) is 0 Å². The maximum atomic E-state index is 13.8. The summed E-state index contributed by atoms with van der Waals surface area (Å²) < 4.78 is 54.1. The van der Waals surface area contributed by atoms with Crippen LogP contribution in [0.1, 0.15) is 6.42 Å². The maximum Gasteiger partial charge on any atom is 0.573 e. The van der Waals surface area contributed by atoms with Gasteiger partial charge < -0.3 is 9.64 Å². The van der Waals surface area contributed by atoms with Gasteiger partial charge in [-0.2, -0.15) is 0 Å². The van der Waals surface area contributed by atoms with E-state index < -0.39 is 23.8 Å². The van der Waals surface area contributed by atoms with Gasteiger partial charge >= 0.3 is 6.36 Å². The predicted octanol–water partition coefficient (Wildman–Crippen LogP) is 3.39. The first-order chi connectivity index (χ1) is 10.3. The Morgan fingerprint density at radius 2 is 2.18 bits per heavy atom. The molecule has 0 N–H and O–H groups in total. The molecule has 22 heavy (non-hydrogen) atoms. The summed E-state index contributed by atoms with van der Waals surface area (Å²) in [6.45, 7) is 0.114. The van der Waals surface area contributed by atoms with Gasteiger partial charge in [-0.15, -0.1) is 13.2 Å². The Morgan fingerprint density at radius 1 is 1.45 bits per heavy atom. The van der Waals surface area contributed by atoms with Crippen molar-refractivity contribution in [2.75, 3.05) is 18.0 Å². The normalized spacial score (nSPS) is 18.3. The van der Waals surface area contributed by atoms with E-state index in [0.29, 0.717) is 0 Å². The maximum absolute atomic E-state index is 13.8. The molecule has 0 spiro atoms. The topological polar surface area (TPSA) is 78.3 Å². The van der Waals surface area contributed by atoms with Gasteiger partial charge in [-0.05, 0) is 23.6 Å². The largest absolute Gasteiger partial charge is 0.573 e. The van der Waals surface area contributed by atoms with Gasteiger partial charge in [-0.3, -0.25) is 4.79 Å². The quantitative estimate of drug-likeness (QED) is 0.369. The van der Waals surface area contributed by atoms with Crippen molar-refractivity contribution in [3.8, 4) is 5.75 Å². The molecule has 1 aliphatic rings. The summed E-state index contributed by atoms with van der Waals surface area (Å²) in [4.78, 5) is 15.5. The van der Waals surface area contributed by atoms with Gasteiger partial charge in [0.25, 0.3) is 0 Å². The number of hydrogen-bond donors (Lipinski definition) is 0. The van der Waals surface area contributed by atoms with Gasteiger partial charge in [-0.25, -0.2) is 4.39 Å². The molecule has 6 nitrogen and oxygen atoms in total. The van der Waals surface area contributed by atoms with Crippen LogP contribution in [-0.2, 0) is 4.79 Å². The first-order valence-electron chi connectivity index (χ1n) is 6.16. The number of rotatable bonds is 4. The molecule has 1 aromatic rings. The molecule has 1 saturated heterocycles. The first kappa shape index (κ1) is 15.9. The molecule has 0 saturated carbocycles. The molecular weight excluding hydrogens is 308 g/mol. The fraction of sp³-hybridized carbons (Fsp3) is 0.417. The zero-order valence-corrected chi connectivity index (χ0v) is 11.0. The van der Waals surface area contributed by atoms with E-state index in [0.717, 1.165) is 23.1 Å². The minimum atomic E-state index is -4.91. The Hall–Kier alpha value is -2.48. The molecule has 1 aliphatic heterocycles. The van der Waals surface area contributed by atoms with E-state index in [1.165, 1.54) is 0 Å². The van der Waals surface area contributed by atoms with Crippen molar-refractivity contribution < 1.29 is 27.1 Å². The lowest BCUT2D eigenvalue weighted by Gasteiger charge is -2.18. The fourth-order valence-corrected chi connectivity index (χ4v) is 2.19. The molecule has 2 rings (SSSR count). The van der Waals surface area contributed by atoms with Crippen molar-refractivity contribution in [1.29, 1.82) is 0 Å². The second-order valence-corrected chi connectivity index (χ2v) is 4.65.